The van der Waals surface area contributed by atoms with E-state index in [-0.39, 0.29) is 0 Å². The lowest BCUT2D eigenvalue weighted by Crippen LogP contribution is -2.47. The van der Waals surface area contributed by atoms with Crippen LogP contribution in [0.3, 0.4) is 0 Å². The molecule has 1 N–H and O–H groups in total. The van der Waals surface area contributed by atoms with E-state index in [1.165, 1.54) is 17.8 Å². The van der Waals surface area contributed by atoms with Crippen LogP contribution >= 0.6 is 11.6 Å². The Labute approximate surface area is 134 Å². The van der Waals surface area contributed by atoms with E-state index >= 15 is 0 Å². The topological polar surface area (TPSA) is 18.5 Å². The maximum absolute atomic E-state index is 6.40. The molecular formula is C17H28ClN3. The molecule has 0 unspecified atom stereocenters. The molecule has 1 aliphatic heterocycles. The summed E-state index contributed by atoms with van der Waals surface area (Å²) in [6, 6.07) is 6.26. The molecular weight excluding hydrogens is 282 g/mol. The predicted octanol–water partition coefficient (Wildman–Crippen LogP) is 3.23. The third-order valence-electron chi connectivity index (χ3n) is 3.98. The summed E-state index contributed by atoms with van der Waals surface area (Å²) in [4.78, 5) is 5.05. The number of rotatable bonds is 6. The molecule has 0 aromatic heterocycles. The summed E-state index contributed by atoms with van der Waals surface area (Å²) in [7, 11) is 0. The van der Waals surface area contributed by atoms with Gasteiger partial charge >= 0.3 is 0 Å². The van der Waals surface area contributed by atoms with Crippen molar-refractivity contribution in [2.75, 3.05) is 44.2 Å². The van der Waals surface area contributed by atoms with Crippen molar-refractivity contribution in [1.29, 1.82) is 0 Å². The van der Waals surface area contributed by atoms with Gasteiger partial charge in [-0.2, -0.15) is 0 Å². The predicted molar refractivity (Wildman–Crippen MR) is 92.3 cm³/mol. The van der Waals surface area contributed by atoms with Crippen molar-refractivity contribution in [1.82, 2.24) is 10.2 Å². The minimum Gasteiger partial charge on any atom is -0.369 e. The van der Waals surface area contributed by atoms with Crippen LogP contribution in [0.25, 0.3) is 0 Å². The quantitative estimate of drug-likeness (QED) is 0.870. The van der Waals surface area contributed by atoms with E-state index in [1.807, 2.05) is 6.07 Å². The van der Waals surface area contributed by atoms with E-state index in [1.54, 1.807) is 0 Å². The highest BCUT2D eigenvalue weighted by Crippen LogP contribution is 2.28. The van der Waals surface area contributed by atoms with Crippen molar-refractivity contribution in [2.45, 2.75) is 27.3 Å². The first-order valence-corrected chi connectivity index (χ1v) is 8.45. The van der Waals surface area contributed by atoms with Gasteiger partial charge in [0.1, 0.15) is 0 Å². The molecule has 0 spiro atoms. The highest BCUT2D eigenvalue weighted by molar-refractivity contribution is 6.31. The normalized spacial score (nSPS) is 16.7. The minimum atomic E-state index is 0.743. The molecule has 1 heterocycles. The molecule has 1 aliphatic rings. The van der Waals surface area contributed by atoms with Crippen molar-refractivity contribution < 1.29 is 0 Å². The Morgan fingerprint density at radius 2 is 1.90 bits per heavy atom. The first-order chi connectivity index (χ1) is 10.1. The molecule has 2 rings (SSSR count). The van der Waals surface area contributed by atoms with Crippen LogP contribution in [0.1, 0.15) is 26.3 Å². The lowest BCUT2D eigenvalue weighted by molar-refractivity contribution is 0.231. The molecule has 0 bridgehead atoms. The molecule has 3 nitrogen and oxygen atoms in total. The van der Waals surface area contributed by atoms with E-state index in [4.69, 9.17) is 11.6 Å². The summed E-state index contributed by atoms with van der Waals surface area (Å²) in [5, 5.41) is 4.27. The van der Waals surface area contributed by atoms with Gasteiger partial charge in [0.2, 0.25) is 0 Å². The number of nitrogens with one attached hydrogen (secondary N) is 1. The third kappa shape index (κ3) is 4.60. The molecule has 21 heavy (non-hydrogen) atoms. The molecule has 1 aromatic rings. The van der Waals surface area contributed by atoms with Crippen LogP contribution in [0, 0.1) is 5.92 Å². The van der Waals surface area contributed by atoms with Gasteiger partial charge in [0, 0.05) is 55.5 Å². The van der Waals surface area contributed by atoms with Gasteiger partial charge in [-0.3, -0.25) is 4.90 Å². The largest absolute Gasteiger partial charge is 0.369 e. The fraction of sp³-hybridized carbons (Fsp3) is 0.647. The maximum atomic E-state index is 6.40. The number of halogens is 1. The second-order valence-electron chi connectivity index (χ2n) is 6.20. The summed E-state index contributed by atoms with van der Waals surface area (Å²) in [5.41, 5.74) is 2.53. The second-order valence-corrected chi connectivity index (χ2v) is 6.61. The highest BCUT2D eigenvalue weighted by atomic mass is 35.5. The molecule has 1 aromatic carbocycles. The van der Waals surface area contributed by atoms with E-state index in [2.05, 4.69) is 48.0 Å². The second kappa shape index (κ2) is 8.02. The molecule has 118 valence electrons. The van der Waals surface area contributed by atoms with Crippen molar-refractivity contribution in [3.05, 3.63) is 28.8 Å². The first kappa shape index (κ1) is 16.6. The SMILES string of the molecule is CCNCc1c(Cl)cccc1N1CCN(CC(C)C)CC1. The average Bonchev–Trinajstić information content (AvgIpc) is 2.46. The average molecular weight is 310 g/mol. The van der Waals surface area contributed by atoms with Gasteiger partial charge in [-0.15, -0.1) is 0 Å². The van der Waals surface area contributed by atoms with Gasteiger partial charge in [-0.1, -0.05) is 38.4 Å². The van der Waals surface area contributed by atoms with Crippen LogP contribution in [-0.4, -0.2) is 44.2 Å². The number of hydrogen-bond donors (Lipinski definition) is 1. The Morgan fingerprint density at radius 1 is 1.19 bits per heavy atom. The van der Waals surface area contributed by atoms with Gasteiger partial charge in [-0.05, 0) is 24.6 Å². The molecule has 0 radical (unpaired) electrons. The smallest absolute Gasteiger partial charge is 0.0471 e. The molecule has 4 heteroatoms. The van der Waals surface area contributed by atoms with Crippen LogP contribution in [0.5, 0.6) is 0 Å². The Hall–Kier alpha value is -0.770. The van der Waals surface area contributed by atoms with Gasteiger partial charge < -0.3 is 10.2 Å². The van der Waals surface area contributed by atoms with Crippen LogP contribution < -0.4 is 10.2 Å². The van der Waals surface area contributed by atoms with Crippen LogP contribution in [-0.2, 0) is 6.54 Å². The number of hydrogen-bond acceptors (Lipinski definition) is 3. The third-order valence-corrected chi connectivity index (χ3v) is 4.34. The van der Waals surface area contributed by atoms with Crippen molar-refractivity contribution in [2.24, 2.45) is 5.92 Å². The van der Waals surface area contributed by atoms with Crippen LogP contribution in [0.2, 0.25) is 5.02 Å². The van der Waals surface area contributed by atoms with Crippen LogP contribution in [0.15, 0.2) is 18.2 Å². The van der Waals surface area contributed by atoms with Crippen molar-refractivity contribution in [3.8, 4) is 0 Å². The minimum absolute atomic E-state index is 0.743. The zero-order valence-corrected chi connectivity index (χ0v) is 14.3. The molecule has 0 amide bonds. The van der Waals surface area contributed by atoms with Crippen LogP contribution in [0.4, 0.5) is 5.69 Å². The number of piperazine rings is 1. The lowest BCUT2D eigenvalue weighted by atomic mass is 10.1. The number of anilines is 1. The summed E-state index contributed by atoms with van der Waals surface area (Å²) in [6.07, 6.45) is 0. The monoisotopic (exact) mass is 309 g/mol. The van der Waals surface area contributed by atoms with Gasteiger partial charge in [0.25, 0.3) is 0 Å². The van der Waals surface area contributed by atoms with E-state index in [9.17, 15) is 0 Å². The van der Waals surface area contributed by atoms with Crippen molar-refractivity contribution in [3.63, 3.8) is 0 Å². The maximum Gasteiger partial charge on any atom is 0.0471 e. The Kier molecular flexibility index (Phi) is 6.34. The summed E-state index contributed by atoms with van der Waals surface area (Å²) >= 11 is 6.40. The van der Waals surface area contributed by atoms with Gasteiger partial charge in [0.15, 0.2) is 0 Å². The zero-order valence-electron chi connectivity index (χ0n) is 13.5. The van der Waals surface area contributed by atoms with E-state index in [0.717, 1.165) is 50.2 Å². The lowest BCUT2D eigenvalue weighted by Gasteiger charge is -2.37. The van der Waals surface area contributed by atoms with Crippen molar-refractivity contribution >= 4 is 17.3 Å². The number of nitrogens with zero attached hydrogens (tertiary/aromatic N) is 2. The van der Waals surface area contributed by atoms with Gasteiger partial charge in [0.05, 0.1) is 0 Å². The molecule has 0 aliphatic carbocycles. The summed E-state index contributed by atoms with van der Waals surface area (Å²) < 4.78 is 0. The standard InChI is InChI=1S/C17H28ClN3/c1-4-19-12-15-16(18)6-5-7-17(15)21-10-8-20(9-11-21)13-14(2)3/h5-7,14,19H,4,8-13H2,1-3H3. The van der Waals surface area contributed by atoms with E-state index < -0.39 is 0 Å². The molecule has 1 fully saturated rings. The van der Waals surface area contributed by atoms with Gasteiger partial charge in [-0.25, -0.2) is 0 Å². The Bertz CT molecular complexity index is 440. The first-order valence-electron chi connectivity index (χ1n) is 8.07. The molecule has 0 saturated carbocycles. The Balaban J connectivity index is 2.04. The summed E-state index contributed by atoms with van der Waals surface area (Å²) in [6.45, 7) is 14.2. The fourth-order valence-electron chi connectivity index (χ4n) is 2.96. The Morgan fingerprint density at radius 3 is 2.52 bits per heavy atom. The molecule has 0 atom stereocenters. The fourth-order valence-corrected chi connectivity index (χ4v) is 3.19. The van der Waals surface area contributed by atoms with E-state index in [0.29, 0.717) is 0 Å². The number of benzene rings is 1. The summed E-state index contributed by atoms with van der Waals surface area (Å²) in [5.74, 6) is 0.743. The zero-order chi connectivity index (χ0) is 15.2. The highest BCUT2D eigenvalue weighted by Gasteiger charge is 2.20. The molecule has 1 saturated heterocycles.